The van der Waals surface area contributed by atoms with Crippen LogP contribution in [0, 0.1) is 0 Å². The molecule has 0 bridgehead atoms. The minimum Gasteiger partial charge on any atom is -0.496 e. The van der Waals surface area contributed by atoms with Gasteiger partial charge < -0.3 is 19.1 Å². The van der Waals surface area contributed by atoms with E-state index in [4.69, 9.17) is 19.2 Å². The first-order valence-electron chi connectivity index (χ1n) is 12.0. The third-order valence-corrected chi connectivity index (χ3v) is 7.42. The van der Waals surface area contributed by atoms with Gasteiger partial charge in [0.25, 0.3) is 11.5 Å². The van der Waals surface area contributed by atoms with Gasteiger partial charge in [0.05, 0.1) is 37.1 Å². The van der Waals surface area contributed by atoms with Crippen LogP contribution in [0.3, 0.4) is 0 Å². The van der Waals surface area contributed by atoms with Crippen molar-refractivity contribution in [2.45, 2.75) is 26.8 Å². The number of allylic oxidation sites excluding steroid dienone is 1. The quantitative estimate of drug-likeness (QED) is 0.455. The molecule has 4 rings (SSSR count). The molecule has 0 radical (unpaired) electrons. The number of rotatable bonds is 8. The summed E-state index contributed by atoms with van der Waals surface area (Å²) in [4.78, 5) is 34.6. The summed E-state index contributed by atoms with van der Waals surface area (Å²) in [6.45, 7) is 6.80. The number of benzene rings is 2. The zero-order valence-electron chi connectivity index (χ0n) is 21.9. The Kier molecular flexibility index (Phi) is 7.83. The number of fused-ring (bicyclic) bond motifs is 1. The highest BCUT2D eigenvalue weighted by molar-refractivity contribution is 7.07. The van der Waals surface area contributed by atoms with E-state index in [-0.39, 0.29) is 11.5 Å². The number of thiazole rings is 1. The molecule has 194 valence electrons. The second-order valence-corrected chi connectivity index (χ2v) is 9.42. The Morgan fingerprint density at radius 2 is 1.70 bits per heavy atom. The van der Waals surface area contributed by atoms with Crippen molar-refractivity contribution in [3.63, 3.8) is 0 Å². The molecule has 3 aromatic rings. The Bertz CT molecular complexity index is 1530. The molecule has 2 heterocycles. The van der Waals surface area contributed by atoms with Gasteiger partial charge in [-0.25, -0.2) is 4.99 Å². The van der Waals surface area contributed by atoms with Crippen molar-refractivity contribution in [2.75, 3.05) is 34.4 Å². The van der Waals surface area contributed by atoms with E-state index in [0.717, 1.165) is 11.1 Å². The van der Waals surface area contributed by atoms with Gasteiger partial charge in [0.1, 0.15) is 11.8 Å². The monoisotopic (exact) mass is 521 g/mol. The van der Waals surface area contributed by atoms with Crippen molar-refractivity contribution in [1.29, 1.82) is 0 Å². The summed E-state index contributed by atoms with van der Waals surface area (Å²) in [5.74, 6) is 1.63. The van der Waals surface area contributed by atoms with Gasteiger partial charge in [-0.2, -0.15) is 0 Å². The third-order valence-electron chi connectivity index (χ3n) is 6.44. The maximum Gasteiger partial charge on any atom is 0.271 e. The van der Waals surface area contributed by atoms with Crippen LogP contribution < -0.4 is 29.1 Å². The number of nitrogens with zero attached hydrogens (tertiary/aromatic N) is 3. The van der Waals surface area contributed by atoms with Crippen LogP contribution in [-0.4, -0.2) is 49.8 Å². The number of amides is 1. The molecule has 1 aliphatic rings. The van der Waals surface area contributed by atoms with E-state index in [2.05, 4.69) is 0 Å². The zero-order chi connectivity index (χ0) is 26.7. The first kappa shape index (κ1) is 26.2. The van der Waals surface area contributed by atoms with Crippen molar-refractivity contribution < 1.29 is 19.0 Å². The summed E-state index contributed by atoms with van der Waals surface area (Å²) in [6.07, 6.45) is 1.80. The number of hydrogen-bond donors (Lipinski definition) is 0. The molecular formula is C28H31N3O5S. The summed E-state index contributed by atoms with van der Waals surface area (Å²) in [5, 5.41) is 0. The predicted molar refractivity (Wildman–Crippen MR) is 144 cm³/mol. The van der Waals surface area contributed by atoms with E-state index < -0.39 is 6.04 Å². The van der Waals surface area contributed by atoms with Gasteiger partial charge in [-0.05, 0) is 50.6 Å². The van der Waals surface area contributed by atoms with Crippen LogP contribution in [-0.2, 0) is 4.79 Å². The average molecular weight is 522 g/mol. The molecule has 9 heteroatoms. The lowest BCUT2D eigenvalue weighted by Crippen LogP contribution is -2.43. The van der Waals surface area contributed by atoms with E-state index in [9.17, 15) is 9.59 Å². The van der Waals surface area contributed by atoms with Crippen molar-refractivity contribution >= 4 is 23.3 Å². The molecule has 8 nitrogen and oxygen atoms in total. The Balaban J connectivity index is 1.97. The van der Waals surface area contributed by atoms with Crippen LogP contribution in [0.1, 0.15) is 37.9 Å². The smallest absolute Gasteiger partial charge is 0.271 e. The number of carbonyl (C=O) groups is 1. The molecule has 1 atom stereocenters. The second kappa shape index (κ2) is 11.0. The van der Waals surface area contributed by atoms with Crippen LogP contribution in [0.15, 0.2) is 63.5 Å². The van der Waals surface area contributed by atoms with E-state index in [1.165, 1.54) is 11.3 Å². The zero-order valence-corrected chi connectivity index (χ0v) is 22.7. The predicted octanol–water partition coefficient (Wildman–Crippen LogP) is 3.13. The molecule has 2 aromatic carbocycles. The fraction of sp³-hybridized carbons (Fsp3) is 0.321. The number of ether oxygens (including phenoxy) is 3. The highest BCUT2D eigenvalue weighted by Crippen LogP contribution is 2.36. The first-order valence-corrected chi connectivity index (χ1v) is 12.9. The summed E-state index contributed by atoms with van der Waals surface area (Å²) >= 11 is 1.29. The SMILES string of the molecule is CCN(CC)C(=O)C1=C(C)N=c2s/c(=C/c3ccc(OC)c(OC)c3)c(=O)n2[C@@H]1c1ccccc1OC. The average Bonchev–Trinajstić information content (AvgIpc) is 3.22. The van der Waals surface area contributed by atoms with E-state index in [0.29, 0.717) is 50.9 Å². The number of likely N-dealkylation sites (N-methyl/N-ethyl adjacent to an activating group) is 1. The first-order chi connectivity index (χ1) is 17.9. The van der Waals surface area contributed by atoms with Crippen LogP contribution >= 0.6 is 11.3 Å². The number of para-hydroxylation sites is 1. The van der Waals surface area contributed by atoms with Gasteiger partial charge in [-0.1, -0.05) is 35.6 Å². The minimum atomic E-state index is -0.673. The maximum absolute atomic E-state index is 13.9. The molecule has 0 N–H and O–H groups in total. The van der Waals surface area contributed by atoms with E-state index in [1.54, 1.807) is 42.9 Å². The Hall–Kier alpha value is -3.85. The van der Waals surface area contributed by atoms with Gasteiger partial charge in [0.15, 0.2) is 16.3 Å². The number of aromatic nitrogens is 1. The van der Waals surface area contributed by atoms with Crippen LogP contribution in [0.2, 0.25) is 0 Å². The largest absolute Gasteiger partial charge is 0.496 e. The third kappa shape index (κ3) is 4.79. The second-order valence-electron chi connectivity index (χ2n) is 8.42. The van der Waals surface area contributed by atoms with Crippen LogP contribution in [0.4, 0.5) is 0 Å². The van der Waals surface area contributed by atoms with Gasteiger partial charge in [-0.15, -0.1) is 0 Å². The molecular weight excluding hydrogens is 490 g/mol. The lowest BCUT2D eigenvalue weighted by atomic mass is 9.94. The molecule has 0 unspecified atom stereocenters. The molecule has 0 fully saturated rings. The van der Waals surface area contributed by atoms with Crippen molar-refractivity contribution in [1.82, 2.24) is 9.47 Å². The molecule has 1 aliphatic heterocycles. The van der Waals surface area contributed by atoms with Gasteiger partial charge >= 0.3 is 0 Å². The van der Waals surface area contributed by atoms with Crippen LogP contribution in [0.5, 0.6) is 17.2 Å². The molecule has 0 saturated carbocycles. The lowest BCUT2D eigenvalue weighted by molar-refractivity contribution is -0.127. The summed E-state index contributed by atoms with van der Waals surface area (Å²) in [7, 11) is 4.73. The topological polar surface area (TPSA) is 82.4 Å². The molecule has 0 saturated heterocycles. The van der Waals surface area contributed by atoms with Crippen molar-refractivity contribution in [3.05, 3.63) is 84.5 Å². The maximum atomic E-state index is 13.9. The highest BCUT2D eigenvalue weighted by Gasteiger charge is 2.35. The fourth-order valence-electron chi connectivity index (χ4n) is 4.56. The number of hydrogen-bond acceptors (Lipinski definition) is 7. The summed E-state index contributed by atoms with van der Waals surface area (Å²) < 4.78 is 18.5. The normalized spacial score (nSPS) is 15.2. The molecule has 1 amide bonds. The Morgan fingerprint density at radius 3 is 2.35 bits per heavy atom. The number of methoxy groups -OCH3 is 3. The standard InChI is InChI=1S/C28H31N3O5S/c1-7-30(8-2)27(33)24-17(3)29-28-31(25(24)19-11-9-10-12-20(19)34-4)26(32)23(37-28)16-18-13-14-21(35-5)22(15-18)36-6/h9-16,25H,7-8H2,1-6H3/b23-16+/t25-/m1/s1. The summed E-state index contributed by atoms with van der Waals surface area (Å²) in [6, 6.07) is 12.3. The summed E-state index contributed by atoms with van der Waals surface area (Å²) in [5.41, 5.74) is 2.34. The fourth-order valence-corrected chi connectivity index (χ4v) is 5.60. The Labute approximate surface area is 219 Å². The van der Waals surface area contributed by atoms with E-state index in [1.807, 2.05) is 57.2 Å². The van der Waals surface area contributed by atoms with Crippen molar-refractivity contribution in [2.24, 2.45) is 4.99 Å². The minimum absolute atomic E-state index is 0.142. The van der Waals surface area contributed by atoms with Gasteiger partial charge in [-0.3, -0.25) is 14.2 Å². The van der Waals surface area contributed by atoms with Gasteiger partial charge in [0.2, 0.25) is 0 Å². The molecule has 0 spiro atoms. The Morgan fingerprint density at radius 1 is 1.03 bits per heavy atom. The lowest BCUT2D eigenvalue weighted by Gasteiger charge is -2.29. The van der Waals surface area contributed by atoms with Gasteiger partial charge in [0, 0.05) is 18.7 Å². The van der Waals surface area contributed by atoms with Crippen molar-refractivity contribution in [3.8, 4) is 17.2 Å². The van der Waals surface area contributed by atoms with E-state index >= 15 is 0 Å². The molecule has 37 heavy (non-hydrogen) atoms. The highest BCUT2D eigenvalue weighted by atomic mass is 32.1. The molecule has 0 aliphatic carbocycles. The van der Waals surface area contributed by atoms with Crippen LogP contribution in [0.25, 0.3) is 6.08 Å². The number of carbonyl (C=O) groups excluding carboxylic acids is 1. The molecule has 1 aromatic heterocycles.